The van der Waals surface area contributed by atoms with Gasteiger partial charge in [0.15, 0.2) is 9.84 Å². The second-order valence-electron chi connectivity index (χ2n) is 5.03. The lowest BCUT2D eigenvalue weighted by molar-refractivity contribution is 0.0732. The second kappa shape index (κ2) is 6.10. The summed E-state index contributed by atoms with van der Waals surface area (Å²) in [5, 5.41) is 0.0751. The van der Waals surface area contributed by atoms with Crippen molar-refractivity contribution >= 4 is 27.4 Å². The van der Waals surface area contributed by atoms with Crippen molar-refractivity contribution in [2.45, 2.75) is 18.7 Å². The third kappa shape index (κ3) is 3.48. The van der Waals surface area contributed by atoms with E-state index in [2.05, 4.69) is 0 Å². The van der Waals surface area contributed by atoms with Crippen molar-refractivity contribution in [3.63, 3.8) is 0 Å². The summed E-state index contributed by atoms with van der Waals surface area (Å²) in [5.74, 6) is -0.151. The van der Waals surface area contributed by atoms with Gasteiger partial charge in [0.1, 0.15) is 5.75 Å². The van der Waals surface area contributed by atoms with Crippen molar-refractivity contribution in [1.29, 1.82) is 0 Å². The van der Waals surface area contributed by atoms with Crippen LogP contribution < -0.4 is 4.74 Å². The van der Waals surface area contributed by atoms with Crippen LogP contribution in [0.2, 0.25) is 5.02 Å². The van der Waals surface area contributed by atoms with Crippen LogP contribution in [0.4, 0.5) is 0 Å². The molecule has 0 unspecified atom stereocenters. The minimum absolute atomic E-state index is 0.0751. The zero-order valence-electron chi connectivity index (χ0n) is 12.4. The first-order chi connectivity index (χ1) is 10.2. The highest BCUT2D eigenvalue weighted by Crippen LogP contribution is 2.26. The lowest BCUT2D eigenvalue weighted by atomic mass is 10.1. The summed E-state index contributed by atoms with van der Waals surface area (Å²) in [7, 11) is -3.52. The number of benzene rings is 2. The molecular formula is C16H15ClO4S. The minimum Gasteiger partial charge on any atom is -0.422 e. The van der Waals surface area contributed by atoms with Crippen LogP contribution in [0.3, 0.4) is 0 Å². The fourth-order valence-electron chi connectivity index (χ4n) is 2.03. The predicted molar refractivity (Wildman–Crippen MR) is 85.4 cm³/mol. The Hall–Kier alpha value is -1.85. The van der Waals surface area contributed by atoms with Crippen LogP contribution in [0.15, 0.2) is 41.3 Å². The number of rotatable bonds is 3. The molecule has 0 heterocycles. The zero-order valence-corrected chi connectivity index (χ0v) is 14.0. The smallest absolute Gasteiger partial charge is 0.343 e. The Labute approximate surface area is 134 Å². The molecule has 0 radical (unpaired) electrons. The number of hydrogen-bond donors (Lipinski definition) is 0. The molecule has 2 rings (SSSR count). The Morgan fingerprint density at radius 3 is 2.23 bits per heavy atom. The van der Waals surface area contributed by atoms with E-state index in [1.165, 1.54) is 18.2 Å². The van der Waals surface area contributed by atoms with E-state index in [9.17, 15) is 13.2 Å². The third-order valence-corrected chi connectivity index (χ3v) is 4.75. The average Bonchev–Trinajstić information content (AvgIpc) is 2.42. The van der Waals surface area contributed by atoms with Crippen LogP contribution in [0.5, 0.6) is 5.75 Å². The molecular weight excluding hydrogens is 324 g/mol. The Balaban J connectivity index is 2.39. The molecule has 2 aromatic rings. The fourth-order valence-corrected chi connectivity index (χ4v) is 3.33. The highest BCUT2D eigenvalue weighted by atomic mass is 35.5. The summed E-state index contributed by atoms with van der Waals surface area (Å²) < 4.78 is 28.7. The standard InChI is InChI=1S/C16H15ClO4S/c1-10-5-4-6-11(2)15(10)21-16(18)12-7-8-13(17)14(9-12)22(3,19)20/h4-9H,1-3H3. The molecule has 0 aliphatic rings. The van der Waals surface area contributed by atoms with E-state index in [0.29, 0.717) is 5.75 Å². The van der Waals surface area contributed by atoms with Crippen molar-refractivity contribution < 1.29 is 17.9 Å². The molecule has 0 aliphatic carbocycles. The molecule has 4 nitrogen and oxygen atoms in total. The minimum atomic E-state index is -3.52. The summed E-state index contributed by atoms with van der Waals surface area (Å²) in [6.45, 7) is 3.67. The van der Waals surface area contributed by atoms with E-state index in [-0.39, 0.29) is 15.5 Å². The molecule has 116 valence electrons. The van der Waals surface area contributed by atoms with Gasteiger partial charge in [0.05, 0.1) is 15.5 Å². The van der Waals surface area contributed by atoms with Gasteiger partial charge in [-0.3, -0.25) is 0 Å². The quantitative estimate of drug-likeness (QED) is 0.634. The van der Waals surface area contributed by atoms with E-state index in [0.717, 1.165) is 17.4 Å². The number of hydrogen-bond acceptors (Lipinski definition) is 4. The van der Waals surface area contributed by atoms with Crippen LogP contribution in [-0.4, -0.2) is 20.6 Å². The molecule has 6 heteroatoms. The molecule has 0 spiro atoms. The number of ether oxygens (including phenoxy) is 1. The molecule has 0 saturated heterocycles. The van der Waals surface area contributed by atoms with Crippen molar-refractivity contribution in [2.75, 3.05) is 6.26 Å². The molecule has 2 aromatic carbocycles. The number of halogens is 1. The Bertz CT molecular complexity index is 821. The molecule has 0 saturated carbocycles. The van der Waals surface area contributed by atoms with Gasteiger partial charge in [-0.15, -0.1) is 0 Å². The fraction of sp³-hybridized carbons (Fsp3) is 0.188. The monoisotopic (exact) mass is 338 g/mol. The average molecular weight is 339 g/mol. The van der Waals surface area contributed by atoms with Crippen LogP contribution in [0, 0.1) is 13.8 Å². The Morgan fingerprint density at radius 1 is 1.09 bits per heavy atom. The van der Waals surface area contributed by atoms with Gasteiger partial charge in [0.2, 0.25) is 0 Å². The lowest BCUT2D eigenvalue weighted by Crippen LogP contribution is -2.11. The Kier molecular flexibility index (Phi) is 4.58. The highest BCUT2D eigenvalue weighted by Gasteiger charge is 2.18. The maximum atomic E-state index is 12.2. The van der Waals surface area contributed by atoms with Gasteiger partial charge in [-0.1, -0.05) is 29.8 Å². The molecule has 0 fully saturated rings. The van der Waals surface area contributed by atoms with Crippen molar-refractivity contribution in [1.82, 2.24) is 0 Å². The summed E-state index contributed by atoms with van der Waals surface area (Å²) >= 11 is 5.86. The lowest BCUT2D eigenvalue weighted by Gasteiger charge is -2.11. The first-order valence-electron chi connectivity index (χ1n) is 6.48. The topological polar surface area (TPSA) is 60.4 Å². The number of para-hydroxylation sites is 1. The Morgan fingerprint density at radius 2 is 1.68 bits per heavy atom. The van der Waals surface area contributed by atoms with E-state index >= 15 is 0 Å². The molecule has 0 N–H and O–H groups in total. The molecule has 22 heavy (non-hydrogen) atoms. The predicted octanol–water partition coefficient (Wildman–Crippen LogP) is 3.58. The van der Waals surface area contributed by atoms with Gasteiger partial charge in [0, 0.05) is 6.26 Å². The number of esters is 1. The van der Waals surface area contributed by atoms with Gasteiger partial charge in [0.25, 0.3) is 0 Å². The number of carbonyl (C=O) groups excluding carboxylic acids is 1. The van der Waals surface area contributed by atoms with Crippen LogP contribution in [0.1, 0.15) is 21.5 Å². The molecule has 0 aromatic heterocycles. The zero-order chi connectivity index (χ0) is 16.5. The van der Waals surface area contributed by atoms with Crippen LogP contribution in [0.25, 0.3) is 0 Å². The summed E-state index contributed by atoms with van der Waals surface area (Å²) in [6, 6.07) is 9.57. The van der Waals surface area contributed by atoms with Crippen LogP contribution in [-0.2, 0) is 9.84 Å². The van der Waals surface area contributed by atoms with Gasteiger partial charge < -0.3 is 4.74 Å². The maximum Gasteiger partial charge on any atom is 0.343 e. The first-order valence-corrected chi connectivity index (χ1v) is 8.75. The number of sulfone groups is 1. The molecule has 0 atom stereocenters. The van der Waals surface area contributed by atoms with Gasteiger partial charge in [-0.05, 0) is 43.2 Å². The van der Waals surface area contributed by atoms with E-state index in [1.54, 1.807) is 0 Å². The number of aryl methyl sites for hydroxylation is 2. The van der Waals surface area contributed by atoms with Crippen LogP contribution >= 0.6 is 11.6 Å². The van der Waals surface area contributed by atoms with Gasteiger partial charge in [-0.25, -0.2) is 13.2 Å². The number of carbonyl (C=O) groups is 1. The summed E-state index contributed by atoms with van der Waals surface area (Å²) in [4.78, 5) is 12.2. The summed E-state index contributed by atoms with van der Waals surface area (Å²) in [6.07, 6.45) is 1.04. The van der Waals surface area contributed by atoms with E-state index in [1.807, 2.05) is 32.0 Å². The van der Waals surface area contributed by atoms with Gasteiger partial charge in [-0.2, -0.15) is 0 Å². The van der Waals surface area contributed by atoms with Crippen molar-refractivity contribution in [2.24, 2.45) is 0 Å². The maximum absolute atomic E-state index is 12.2. The molecule has 0 amide bonds. The summed E-state index contributed by atoms with van der Waals surface area (Å²) in [5.41, 5.74) is 1.78. The van der Waals surface area contributed by atoms with Crippen molar-refractivity contribution in [3.8, 4) is 5.75 Å². The largest absolute Gasteiger partial charge is 0.422 e. The first kappa shape index (κ1) is 16.5. The SMILES string of the molecule is Cc1cccc(C)c1OC(=O)c1ccc(Cl)c(S(C)(=O)=O)c1. The molecule has 0 bridgehead atoms. The van der Waals surface area contributed by atoms with Crippen molar-refractivity contribution in [3.05, 3.63) is 58.1 Å². The highest BCUT2D eigenvalue weighted by molar-refractivity contribution is 7.90. The second-order valence-corrected chi connectivity index (χ2v) is 7.42. The molecule has 0 aliphatic heterocycles. The van der Waals surface area contributed by atoms with Gasteiger partial charge >= 0.3 is 5.97 Å². The van der Waals surface area contributed by atoms with E-state index < -0.39 is 15.8 Å². The third-order valence-electron chi connectivity index (χ3n) is 3.17. The van der Waals surface area contributed by atoms with E-state index in [4.69, 9.17) is 16.3 Å². The normalized spacial score (nSPS) is 11.3.